The molecule has 5 heteroatoms. The lowest BCUT2D eigenvalue weighted by molar-refractivity contribution is -0.131. The largest absolute Gasteiger partial charge is 0.493 e. The summed E-state index contributed by atoms with van der Waals surface area (Å²) in [5.74, 6) is 2.86. The highest BCUT2D eigenvalue weighted by Crippen LogP contribution is 2.34. The molecule has 0 spiro atoms. The molecule has 0 radical (unpaired) electrons. The van der Waals surface area contributed by atoms with Crippen LogP contribution in [-0.4, -0.2) is 39.0 Å². The van der Waals surface area contributed by atoms with Crippen molar-refractivity contribution in [2.75, 3.05) is 13.2 Å². The van der Waals surface area contributed by atoms with E-state index >= 15 is 0 Å². The van der Waals surface area contributed by atoms with E-state index in [2.05, 4.69) is 82.5 Å². The summed E-state index contributed by atoms with van der Waals surface area (Å²) in [6.45, 7) is 15.2. The number of ether oxygens (including phenoxy) is 1. The Morgan fingerprint density at radius 1 is 1.12 bits per heavy atom. The predicted octanol–water partition coefficient (Wildman–Crippen LogP) is 6.44. The van der Waals surface area contributed by atoms with E-state index in [0.29, 0.717) is 18.9 Å². The van der Waals surface area contributed by atoms with Crippen LogP contribution < -0.4 is 4.74 Å². The quantitative estimate of drug-likeness (QED) is 0.363. The molecule has 5 nitrogen and oxygen atoms in total. The molecule has 4 rings (SSSR count). The number of benzene rings is 2. The van der Waals surface area contributed by atoms with Crippen molar-refractivity contribution in [3.63, 3.8) is 0 Å². The first-order valence-corrected chi connectivity index (χ1v) is 12.6. The zero-order valence-corrected chi connectivity index (χ0v) is 21.6. The van der Waals surface area contributed by atoms with Gasteiger partial charge in [0.25, 0.3) is 0 Å². The fourth-order valence-electron chi connectivity index (χ4n) is 4.97. The van der Waals surface area contributed by atoms with Gasteiger partial charge in [-0.1, -0.05) is 38.1 Å². The van der Waals surface area contributed by atoms with Gasteiger partial charge in [0, 0.05) is 31.0 Å². The molecule has 0 aliphatic carbocycles. The maximum absolute atomic E-state index is 12.7. The maximum atomic E-state index is 12.7. The molecule has 0 saturated carbocycles. The summed E-state index contributed by atoms with van der Waals surface area (Å²) in [5, 5.41) is 0. The number of hydrogen-bond donors (Lipinski definition) is 0. The Bertz CT molecular complexity index is 1160. The number of carbonyl (C=O) groups is 1. The molecular formula is C29H39N3O2. The van der Waals surface area contributed by atoms with Gasteiger partial charge in [-0.05, 0) is 75.8 Å². The molecule has 0 N–H and O–H groups in total. The number of likely N-dealkylation sites (tertiary alicyclic amines) is 1. The van der Waals surface area contributed by atoms with E-state index in [0.717, 1.165) is 48.5 Å². The number of aromatic nitrogens is 2. The Balaban J connectivity index is 1.45. The molecule has 34 heavy (non-hydrogen) atoms. The predicted molar refractivity (Wildman–Crippen MR) is 139 cm³/mol. The lowest BCUT2D eigenvalue weighted by Gasteiger charge is -2.32. The van der Waals surface area contributed by atoms with Crippen molar-refractivity contribution >= 4 is 16.9 Å². The first kappa shape index (κ1) is 24.3. The molecule has 1 atom stereocenters. The zero-order chi connectivity index (χ0) is 24.5. The topological polar surface area (TPSA) is 47.4 Å². The second-order valence-corrected chi connectivity index (χ2v) is 10.9. The summed E-state index contributed by atoms with van der Waals surface area (Å²) in [6.07, 6.45) is 2.50. The van der Waals surface area contributed by atoms with E-state index in [1.54, 1.807) is 0 Å². The summed E-state index contributed by atoms with van der Waals surface area (Å²) in [5.41, 5.74) is 4.50. The van der Waals surface area contributed by atoms with Crippen LogP contribution in [0.25, 0.3) is 11.0 Å². The second kappa shape index (κ2) is 9.81. The van der Waals surface area contributed by atoms with Crippen molar-refractivity contribution in [2.24, 2.45) is 0 Å². The minimum absolute atomic E-state index is 0.135. The van der Waals surface area contributed by atoms with Crippen molar-refractivity contribution < 1.29 is 9.53 Å². The van der Waals surface area contributed by atoms with Crippen molar-refractivity contribution in [1.82, 2.24) is 14.5 Å². The van der Waals surface area contributed by atoms with Crippen LogP contribution in [0.3, 0.4) is 0 Å². The van der Waals surface area contributed by atoms with E-state index in [-0.39, 0.29) is 17.4 Å². The third-order valence-corrected chi connectivity index (χ3v) is 6.81. The van der Waals surface area contributed by atoms with Gasteiger partial charge in [0.05, 0.1) is 17.6 Å². The normalized spacial score (nSPS) is 16.7. The third kappa shape index (κ3) is 5.13. The lowest BCUT2D eigenvalue weighted by atomic mass is 10.0. The molecule has 1 amide bonds. The molecule has 1 aromatic heterocycles. The van der Waals surface area contributed by atoms with Crippen molar-refractivity contribution in [3.8, 4) is 5.75 Å². The fourth-order valence-corrected chi connectivity index (χ4v) is 4.97. The number of unbranched alkanes of at least 4 members (excludes halogenated alkanes) is 1. The summed E-state index contributed by atoms with van der Waals surface area (Å²) >= 11 is 0. The summed E-state index contributed by atoms with van der Waals surface area (Å²) in [6, 6.07) is 14.8. The van der Waals surface area contributed by atoms with Crippen LogP contribution >= 0.6 is 0 Å². The van der Waals surface area contributed by atoms with Crippen LogP contribution in [0, 0.1) is 6.92 Å². The summed E-state index contributed by atoms with van der Waals surface area (Å²) in [7, 11) is 0. The van der Waals surface area contributed by atoms with Gasteiger partial charge in [-0.2, -0.15) is 0 Å². The lowest BCUT2D eigenvalue weighted by Crippen LogP contribution is -2.42. The van der Waals surface area contributed by atoms with Gasteiger partial charge in [-0.15, -0.1) is 0 Å². The highest BCUT2D eigenvalue weighted by molar-refractivity contribution is 5.81. The van der Waals surface area contributed by atoms with E-state index in [4.69, 9.17) is 9.72 Å². The van der Waals surface area contributed by atoms with Gasteiger partial charge in [0.15, 0.2) is 0 Å². The number of aryl methyl sites for hydroxylation is 2. The molecule has 2 heterocycles. The first-order chi connectivity index (χ1) is 16.1. The molecule has 1 aliphatic heterocycles. The second-order valence-electron chi connectivity index (χ2n) is 10.9. The van der Waals surface area contributed by atoms with Crippen LogP contribution in [0.15, 0.2) is 42.5 Å². The maximum Gasteiger partial charge on any atom is 0.223 e. The van der Waals surface area contributed by atoms with Crippen LogP contribution in [0.4, 0.5) is 0 Å². The van der Waals surface area contributed by atoms with Gasteiger partial charge in [0.1, 0.15) is 11.6 Å². The number of imidazole rings is 1. The van der Waals surface area contributed by atoms with Crippen LogP contribution in [0.1, 0.15) is 82.7 Å². The first-order valence-electron chi connectivity index (χ1n) is 12.6. The fraction of sp³-hybridized carbons (Fsp3) is 0.517. The molecule has 1 saturated heterocycles. The third-order valence-electron chi connectivity index (χ3n) is 6.81. The monoisotopic (exact) mass is 461 g/mol. The van der Waals surface area contributed by atoms with Crippen molar-refractivity contribution in [2.45, 2.75) is 84.7 Å². The Morgan fingerprint density at radius 3 is 2.59 bits per heavy atom. The van der Waals surface area contributed by atoms with Gasteiger partial charge < -0.3 is 14.2 Å². The molecule has 1 unspecified atom stereocenters. The van der Waals surface area contributed by atoms with Crippen molar-refractivity contribution in [3.05, 3.63) is 59.4 Å². The van der Waals surface area contributed by atoms with E-state index in [1.807, 2.05) is 11.0 Å². The Morgan fingerprint density at radius 2 is 1.88 bits per heavy atom. The molecule has 0 bridgehead atoms. The van der Waals surface area contributed by atoms with Crippen LogP contribution in [0.5, 0.6) is 5.75 Å². The van der Waals surface area contributed by atoms with Gasteiger partial charge in [-0.3, -0.25) is 4.79 Å². The van der Waals surface area contributed by atoms with Gasteiger partial charge in [0.2, 0.25) is 5.91 Å². The summed E-state index contributed by atoms with van der Waals surface area (Å²) in [4.78, 5) is 19.7. The highest BCUT2D eigenvalue weighted by Gasteiger charge is 2.38. The standard InChI is InChI=1S/C29H39N3O2/c1-20(2)23-14-13-21(3)17-26(23)34-16-10-9-15-31-25-12-8-7-11-24(25)30-28(31)22-18-27(33)32(19-22)29(4,5)6/h7-8,11-14,17,20,22H,9-10,15-16,18-19H2,1-6H3. The molecule has 3 aromatic rings. The molecule has 182 valence electrons. The molecular weight excluding hydrogens is 422 g/mol. The van der Waals surface area contributed by atoms with Crippen LogP contribution in [-0.2, 0) is 11.3 Å². The molecule has 1 fully saturated rings. The van der Waals surface area contributed by atoms with Gasteiger partial charge in [-0.25, -0.2) is 4.98 Å². The highest BCUT2D eigenvalue weighted by atomic mass is 16.5. The zero-order valence-electron chi connectivity index (χ0n) is 21.6. The summed E-state index contributed by atoms with van der Waals surface area (Å²) < 4.78 is 8.54. The number of fused-ring (bicyclic) bond motifs is 1. The average molecular weight is 462 g/mol. The van der Waals surface area contributed by atoms with Crippen LogP contribution in [0.2, 0.25) is 0 Å². The number of hydrogen-bond acceptors (Lipinski definition) is 3. The Labute approximate surface area is 204 Å². The number of amides is 1. The van der Waals surface area contributed by atoms with E-state index in [1.165, 1.54) is 11.1 Å². The average Bonchev–Trinajstić information content (AvgIpc) is 3.34. The smallest absolute Gasteiger partial charge is 0.223 e. The minimum atomic E-state index is -0.162. The molecule has 2 aromatic carbocycles. The van der Waals surface area contributed by atoms with Crippen molar-refractivity contribution in [1.29, 1.82) is 0 Å². The Hall–Kier alpha value is -2.82. The SMILES string of the molecule is Cc1ccc(C(C)C)c(OCCCCn2c(C3CC(=O)N(C(C)(C)C)C3)nc3ccccc32)c1. The van der Waals surface area contributed by atoms with Gasteiger partial charge >= 0.3 is 0 Å². The number of para-hydroxylation sites is 2. The number of rotatable bonds is 8. The van der Waals surface area contributed by atoms with E-state index < -0.39 is 0 Å². The van der Waals surface area contributed by atoms with E-state index in [9.17, 15) is 4.79 Å². The minimum Gasteiger partial charge on any atom is -0.493 e. The number of carbonyl (C=O) groups excluding carboxylic acids is 1. The molecule has 1 aliphatic rings. The Kier molecular flexibility index (Phi) is 7.01. The number of nitrogens with zero attached hydrogens (tertiary/aromatic N) is 3.